The van der Waals surface area contributed by atoms with Gasteiger partial charge in [0.1, 0.15) is 6.61 Å². The Morgan fingerprint density at radius 1 is 1.07 bits per heavy atom. The first-order chi connectivity index (χ1) is 20.8. The van der Waals surface area contributed by atoms with Crippen molar-refractivity contribution in [3.8, 4) is 0 Å². The van der Waals surface area contributed by atoms with Gasteiger partial charge in [-0.3, -0.25) is 14.5 Å². The molecule has 3 heterocycles. The second-order valence-corrected chi connectivity index (χ2v) is 11.4. The molecule has 3 aliphatic heterocycles. The largest absolute Gasteiger partial charge is 0.447 e. The van der Waals surface area contributed by atoms with Crippen molar-refractivity contribution in [2.75, 3.05) is 29.6 Å². The first-order valence-corrected chi connectivity index (χ1v) is 14.6. The fourth-order valence-electron chi connectivity index (χ4n) is 6.36. The van der Waals surface area contributed by atoms with Crippen molar-refractivity contribution in [3.05, 3.63) is 107 Å². The third-order valence-electron chi connectivity index (χ3n) is 8.76. The molecule has 0 aromatic heterocycles. The van der Waals surface area contributed by atoms with Crippen LogP contribution in [0, 0.1) is 5.92 Å². The number of carbonyl (C=O) groups excluding carboxylic acids is 3. The third kappa shape index (κ3) is 5.19. The SMILES string of the molecule is C[C@@H](/C=C/CC(=O)N1Cc2ccccc2C[C@H]1CO)[C@]1(O)C(=O)N(Cc2cccc(N3CCOC3=O)c2)c2ccccc21. The molecule has 2 N–H and O–H groups in total. The van der Waals surface area contributed by atoms with Gasteiger partial charge in [0.05, 0.1) is 31.4 Å². The third-order valence-corrected chi connectivity index (χ3v) is 8.76. The molecule has 3 amide bonds. The maximum atomic E-state index is 13.9. The summed E-state index contributed by atoms with van der Waals surface area (Å²) in [5.74, 6) is -1.19. The Balaban J connectivity index is 1.18. The second kappa shape index (κ2) is 11.7. The summed E-state index contributed by atoms with van der Waals surface area (Å²) in [7, 11) is 0. The van der Waals surface area contributed by atoms with Gasteiger partial charge < -0.3 is 24.7 Å². The van der Waals surface area contributed by atoms with E-state index in [4.69, 9.17) is 4.74 Å². The van der Waals surface area contributed by atoms with Gasteiger partial charge in [-0.2, -0.15) is 0 Å². The van der Waals surface area contributed by atoms with Crippen LogP contribution in [0.1, 0.15) is 35.6 Å². The van der Waals surface area contributed by atoms with Gasteiger partial charge in [0.25, 0.3) is 5.91 Å². The average Bonchev–Trinajstić information content (AvgIpc) is 3.56. The summed E-state index contributed by atoms with van der Waals surface area (Å²) in [6, 6.07) is 22.2. The number of fused-ring (bicyclic) bond motifs is 2. The Morgan fingerprint density at radius 3 is 2.60 bits per heavy atom. The van der Waals surface area contributed by atoms with Gasteiger partial charge in [-0.1, -0.05) is 73.7 Å². The number of aliphatic hydroxyl groups is 2. The zero-order chi connectivity index (χ0) is 30.1. The highest BCUT2D eigenvalue weighted by Gasteiger charge is 2.52. The van der Waals surface area contributed by atoms with E-state index in [1.807, 2.05) is 60.7 Å². The van der Waals surface area contributed by atoms with Crippen LogP contribution in [-0.4, -0.2) is 58.8 Å². The molecule has 43 heavy (non-hydrogen) atoms. The number of hydrogen-bond acceptors (Lipinski definition) is 6. The Kier molecular flexibility index (Phi) is 7.77. The molecule has 9 heteroatoms. The number of nitrogens with zero attached hydrogens (tertiary/aromatic N) is 3. The average molecular weight is 582 g/mol. The molecule has 0 aliphatic carbocycles. The molecule has 0 radical (unpaired) electrons. The van der Waals surface area contributed by atoms with E-state index in [2.05, 4.69) is 0 Å². The van der Waals surface area contributed by atoms with E-state index in [9.17, 15) is 24.6 Å². The predicted octanol–water partition coefficient (Wildman–Crippen LogP) is 3.91. The minimum atomic E-state index is -1.82. The molecule has 0 bridgehead atoms. The molecular formula is C34H35N3O6. The van der Waals surface area contributed by atoms with Gasteiger partial charge in [-0.25, -0.2) is 4.79 Å². The zero-order valence-electron chi connectivity index (χ0n) is 24.1. The van der Waals surface area contributed by atoms with Gasteiger partial charge in [-0.05, 0) is 41.3 Å². The number of anilines is 2. The Morgan fingerprint density at radius 2 is 1.84 bits per heavy atom. The van der Waals surface area contributed by atoms with Crippen LogP contribution < -0.4 is 9.80 Å². The summed E-state index contributed by atoms with van der Waals surface area (Å²) in [5, 5.41) is 21.9. The Bertz CT molecular complexity index is 1590. The van der Waals surface area contributed by atoms with Crippen LogP contribution in [0.4, 0.5) is 16.2 Å². The van der Waals surface area contributed by atoms with E-state index in [1.165, 1.54) is 0 Å². The summed E-state index contributed by atoms with van der Waals surface area (Å²) >= 11 is 0. The van der Waals surface area contributed by atoms with Crippen LogP contribution in [-0.2, 0) is 39.4 Å². The number of benzene rings is 3. The lowest BCUT2D eigenvalue weighted by atomic mass is 9.83. The molecular weight excluding hydrogens is 546 g/mol. The molecule has 0 unspecified atom stereocenters. The number of carbonyl (C=O) groups is 3. The van der Waals surface area contributed by atoms with Crippen LogP contribution in [0.25, 0.3) is 0 Å². The smallest absolute Gasteiger partial charge is 0.414 e. The monoisotopic (exact) mass is 581 g/mol. The quantitative estimate of drug-likeness (QED) is 0.391. The summed E-state index contributed by atoms with van der Waals surface area (Å²) in [5.41, 5.74) is 3.03. The lowest BCUT2D eigenvalue weighted by Crippen LogP contribution is -2.46. The number of amides is 3. The molecule has 3 aromatic carbocycles. The standard InChI is InChI=1S/C34H35N3O6/c1-23(8-6-15-31(39)36-21-26-11-3-2-10-25(26)19-28(36)22-38)34(42)29-13-4-5-14-30(29)37(32(34)40)20-24-9-7-12-27(18-24)35-16-17-43-33(35)41/h2-14,18,23,28,38,42H,15-17,19-22H2,1H3/b8-6+/t23-,28-,34+/m0/s1. The minimum Gasteiger partial charge on any atom is -0.447 e. The lowest BCUT2D eigenvalue weighted by Gasteiger charge is -2.36. The van der Waals surface area contributed by atoms with E-state index < -0.39 is 23.5 Å². The van der Waals surface area contributed by atoms with Crippen molar-refractivity contribution in [2.24, 2.45) is 5.92 Å². The maximum Gasteiger partial charge on any atom is 0.414 e. The molecule has 3 aliphatic rings. The normalized spacial score (nSPS) is 22.1. The van der Waals surface area contributed by atoms with Crippen LogP contribution in [0.2, 0.25) is 0 Å². The molecule has 0 spiro atoms. The van der Waals surface area contributed by atoms with E-state index in [1.54, 1.807) is 45.9 Å². The molecule has 6 rings (SSSR count). The summed E-state index contributed by atoms with van der Waals surface area (Å²) in [6.07, 6.45) is 3.72. The van der Waals surface area contributed by atoms with Crippen molar-refractivity contribution >= 4 is 29.3 Å². The number of aliphatic hydroxyl groups excluding tert-OH is 1. The minimum absolute atomic E-state index is 0.0877. The molecule has 3 atom stereocenters. The number of cyclic esters (lactones) is 1. The van der Waals surface area contributed by atoms with Crippen LogP contribution >= 0.6 is 0 Å². The number of para-hydroxylation sites is 1. The van der Waals surface area contributed by atoms with Gasteiger partial charge in [-0.15, -0.1) is 0 Å². The van der Waals surface area contributed by atoms with Crippen molar-refractivity contribution in [1.82, 2.24) is 4.90 Å². The molecule has 9 nitrogen and oxygen atoms in total. The molecule has 222 valence electrons. The lowest BCUT2D eigenvalue weighted by molar-refractivity contribution is -0.139. The summed E-state index contributed by atoms with van der Waals surface area (Å²) in [4.78, 5) is 44.0. The number of ether oxygens (including phenoxy) is 1. The number of hydrogen-bond donors (Lipinski definition) is 2. The van der Waals surface area contributed by atoms with Crippen molar-refractivity contribution in [1.29, 1.82) is 0 Å². The van der Waals surface area contributed by atoms with Crippen molar-refractivity contribution < 1.29 is 29.3 Å². The van der Waals surface area contributed by atoms with E-state index >= 15 is 0 Å². The van der Waals surface area contributed by atoms with E-state index in [0.29, 0.717) is 43.1 Å². The van der Waals surface area contributed by atoms with Gasteiger partial charge in [0.2, 0.25) is 5.91 Å². The topological polar surface area (TPSA) is 111 Å². The Hall–Kier alpha value is -4.47. The molecule has 3 aromatic rings. The zero-order valence-corrected chi connectivity index (χ0v) is 24.1. The summed E-state index contributed by atoms with van der Waals surface area (Å²) < 4.78 is 5.06. The molecule has 0 saturated carbocycles. The van der Waals surface area contributed by atoms with Crippen LogP contribution in [0.5, 0.6) is 0 Å². The van der Waals surface area contributed by atoms with E-state index in [0.717, 1.165) is 16.7 Å². The first-order valence-electron chi connectivity index (χ1n) is 14.6. The van der Waals surface area contributed by atoms with Crippen LogP contribution in [0.3, 0.4) is 0 Å². The van der Waals surface area contributed by atoms with Gasteiger partial charge in [0.15, 0.2) is 5.60 Å². The first kappa shape index (κ1) is 28.6. The maximum absolute atomic E-state index is 13.9. The molecule has 1 fully saturated rings. The summed E-state index contributed by atoms with van der Waals surface area (Å²) in [6.45, 7) is 3.10. The van der Waals surface area contributed by atoms with Crippen LogP contribution in [0.15, 0.2) is 84.9 Å². The highest BCUT2D eigenvalue weighted by atomic mass is 16.6. The second-order valence-electron chi connectivity index (χ2n) is 11.4. The predicted molar refractivity (Wildman–Crippen MR) is 161 cm³/mol. The van der Waals surface area contributed by atoms with Crippen molar-refractivity contribution in [3.63, 3.8) is 0 Å². The Labute approximate surface area is 250 Å². The van der Waals surface area contributed by atoms with Gasteiger partial charge >= 0.3 is 6.09 Å². The van der Waals surface area contributed by atoms with Crippen molar-refractivity contribution in [2.45, 2.75) is 44.5 Å². The highest BCUT2D eigenvalue weighted by Crippen LogP contribution is 2.45. The van der Waals surface area contributed by atoms with Gasteiger partial charge in [0, 0.05) is 30.1 Å². The van der Waals surface area contributed by atoms with E-state index in [-0.39, 0.29) is 31.5 Å². The highest BCUT2D eigenvalue weighted by molar-refractivity contribution is 6.07. The fourth-order valence-corrected chi connectivity index (χ4v) is 6.36. The number of rotatable bonds is 8. The molecule has 1 saturated heterocycles. The fraction of sp³-hybridized carbons (Fsp3) is 0.324.